The molecule has 7 heteroatoms. The third kappa shape index (κ3) is 5.11. The van der Waals surface area contributed by atoms with Gasteiger partial charge in [-0.15, -0.1) is 0 Å². The predicted molar refractivity (Wildman–Crippen MR) is 51.4 cm³/mol. The van der Waals surface area contributed by atoms with Gasteiger partial charge in [-0.25, -0.2) is 0 Å². The van der Waals surface area contributed by atoms with Crippen molar-refractivity contribution >= 4 is 0 Å². The second kappa shape index (κ2) is 5.32. The average Bonchev–Trinajstić information content (AvgIpc) is 2.22. The lowest BCUT2D eigenvalue weighted by Crippen LogP contribution is -2.18. The van der Waals surface area contributed by atoms with E-state index in [4.69, 9.17) is 0 Å². The van der Waals surface area contributed by atoms with E-state index in [0.717, 1.165) is 0 Å². The molecule has 18 heavy (non-hydrogen) atoms. The summed E-state index contributed by atoms with van der Waals surface area (Å²) in [5, 5.41) is 0. The van der Waals surface area contributed by atoms with Gasteiger partial charge >= 0.3 is 12.4 Å². The summed E-state index contributed by atoms with van der Waals surface area (Å²) in [7, 11) is 0. The zero-order valence-corrected chi connectivity index (χ0v) is 8.85. The summed E-state index contributed by atoms with van der Waals surface area (Å²) < 4.78 is 76.7. The van der Waals surface area contributed by atoms with Crippen molar-refractivity contribution in [3.63, 3.8) is 0 Å². The van der Waals surface area contributed by atoms with E-state index in [1.54, 1.807) is 18.2 Å². The Morgan fingerprint density at radius 2 is 1.56 bits per heavy atom. The third-order valence-corrected chi connectivity index (χ3v) is 1.81. The van der Waals surface area contributed by atoms with Gasteiger partial charge in [0.25, 0.3) is 0 Å². The first kappa shape index (κ1) is 14.4. The van der Waals surface area contributed by atoms with Gasteiger partial charge in [0.15, 0.2) is 0 Å². The van der Waals surface area contributed by atoms with Gasteiger partial charge in [0.1, 0.15) is 6.61 Å². The fourth-order valence-electron chi connectivity index (χ4n) is 1.09. The first-order valence-corrected chi connectivity index (χ1v) is 4.72. The lowest BCUT2D eigenvalue weighted by atomic mass is 10.2. The number of hydrogen-bond acceptors (Lipinski definition) is 1. The smallest absolute Gasteiger partial charge is 0.448 e. The van der Waals surface area contributed by atoms with Gasteiger partial charge < -0.3 is 4.74 Å². The van der Waals surface area contributed by atoms with Gasteiger partial charge in [-0.05, 0) is 5.56 Å². The molecular formula is C11H8F6O. The van der Waals surface area contributed by atoms with E-state index in [9.17, 15) is 26.3 Å². The maximum absolute atomic E-state index is 12.3. The second-order valence-corrected chi connectivity index (χ2v) is 3.32. The Kier molecular flexibility index (Phi) is 4.26. The van der Waals surface area contributed by atoms with E-state index in [0.29, 0.717) is 5.56 Å². The first-order valence-electron chi connectivity index (χ1n) is 4.72. The summed E-state index contributed by atoms with van der Waals surface area (Å²) in [4.78, 5) is 0. The number of hydrogen-bond donors (Lipinski definition) is 0. The molecule has 0 radical (unpaired) electrons. The standard InChI is InChI=1S/C11H8F6O/c12-10(13,14)6-9(11(15,16)17)18-7-8-4-2-1-3-5-8/h1-6H,7H2. The quantitative estimate of drug-likeness (QED) is 0.590. The minimum atomic E-state index is -5.18. The van der Waals surface area contributed by atoms with Crippen molar-refractivity contribution in [1.29, 1.82) is 0 Å². The van der Waals surface area contributed by atoms with Crippen molar-refractivity contribution in [2.45, 2.75) is 19.0 Å². The molecule has 1 aromatic carbocycles. The van der Waals surface area contributed by atoms with Crippen LogP contribution >= 0.6 is 0 Å². The second-order valence-electron chi connectivity index (χ2n) is 3.32. The fraction of sp³-hybridized carbons (Fsp3) is 0.273. The summed E-state index contributed by atoms with van der Waals surface area (Å²) >= 11 is 0. The Morgan fingerprint density at radius 3 is 2.00 bits per heavy atom. The molecule has 1 aromatic rings. The first-order chi connectivity index (χ1) is 8.18. The monoisotopic (exact) mass is 270 g/mol. The van der Waals surface area contributed by atoms with Gasteiger partial charge in [0, 0.05) is 0 Å². The summed E-state index contributed by atoms with van der Waals surface area (Å²) in [5.74, 6) is -2.06. The SMILES string of the molecule is FC(F)(F)C=C(OCc1ccccc1)C(F)(F)F. The Hall–Kier alpha value is -1.66. The van der Waals surface area contributed by atoms with Crippen molar-refractivity contribution in [1.82, 2.24) is 0 Å². The Balaban J connectivity index is 2.79. The molecule has 0 aliphatic heterocycles. The Morgan fingerprint density at radius 1 is 1.00 bits per heavy atom. The van der Waals surface area contributed by atoms with Crippen LogP contribution in [0.1, 0.15) is 5.56 Å². The average molecular weight is 270 g/mol. The number of allylic oxidation sites excluding steroid dienone is 2. The molecule has 0 unspecified atom stereocenters. The molecule has 1 rings (SSSR count). The van der Waals surface area contributed by atoms with Gasteiger partial charge in [-0.3, -0.25) is 0 Å². The lowest BCUT2D eigenvalue weighted by molar-refractivity contribution is -0.143. The molecule has 0 fully saturated rings. The number of alkyl halides is 6. The minimum Gasteiger partial charge on any atom is -0.484 e. The molecule has 0 bridgehead atoms. The molecule has 0 aliphatic rings. The van der Waals surface area contributed by atoms with Gasteiger partial charge in [-0.1, -0.05) is 30.3 Å². The van der Waals surface area contributed by atoms with Crippen LogP contribution in [0.2, 0.25) is 0 Å². The summed E-state index contributed by atoms with van der Waals surface area (Å²) in [6.45, 7) is -0.581. The van der Waals surface area contributed by atoms with Crippen molar-refractivity contribution in [2.75, 3.05) is 0 Å². The van der Waals surface area contributed by atoms with E-state index >= 15 is 0 Å². The zero-order chi connectivity index (χ0) is 13.8. The molecule has 0 spiro atoms. The highest BCUT2D eigenvalue weighted by atomic mass is 19.4. The Bertz CT molecular complexity index is 404. The highest BCUT2D eigenvalue weighted by Gasteiger charge is 2.40. The number of benzene rings is 1. The largest absolute Gasteiger partial charge is 0.484 e. The topological polar surface area (TPSA) is 9.23 Å². The Labute approximate surface area is 98.7 Å². The van der Waals surface area contributed by atoms with Crippen LogP contribution in [-0.2, 0) is 11.3 Å². The molecule has 0 saturated heterocycles. The highest BCUT2D eigenvalue weighted by molar-refractivity contribution is 5.14. The molecular weight excluding hydrogens is 262 g/mol. The molecule has 0 heterocycles. The highest BCUT2D eigenvalue weighted by Crippen LogP contribution is 2.31. The molecule has 0 N–H and O–H groups in total. The molecule has 0 amide bonds. The van der Waals surface area contributed by atoms with Crippen LogP contribution in [0.4, 0.5) is 26.3 Å². The van der Waals surface area contributed by atoms with Gasteiger partial charge in [0.2, 0.25) is 5.76 Å². The fourth-order valence-corrected chi connectivity index (χ4v) is 1.09. The number of halogens is 6. The molecule has 0 aromatic heterocycles. The lowest BCUT2D eigenvalue weighted by Gasteiger charge is -2.14. The van der Waals surface area contributed by atoms with Crippen LogP contribution < -0.4 is 0 Å². The third-order valence-electron chi connectivity index (χ3n) is 1.81. The van der Waals surface area contributed by atoms with E-state index in [2.05, 4.69) is 4.74 Å². The number of ether oxygens (including phenoxy) is 1. The normalized spacial score (nSPS) is 13.6. The summed E-state index contributed by atoms with van der Waals surface area (Å²) in [6.07, 6.45) is -11.2. The zero-order valence-electron chi connectivity index (χ0n) is 8.85. The minimum absolute atomic E-state index is 0.342. The van der Waals surface area contributed by atoms with Crippen LogP contribution in [0.5, 0.6) is 0 Å². The maximum atomic E-state index is 12.3. The van der Waals surface area contributed by atoms with E-state index in [-0.39, 0.29) is 0 Å². The van der Waals surface area contributed by atoms with E-state index < -0.39 is 30.8 Å². The van der Waals surface area contributed by atoms with Crippen LogP contribution in [0.3, 0.4) is 0 Å². The van der Waals surface area contributed by atoms with Crippen molar-refractivity contribution < 1.29 is 31.1 Å². The van der Waals surface area contributed by atoms with Crippen molar-refractivity contribution in [2.24, 2.45) is 0 Å². The molecule has 0 saturated carbocycles. The van der Waals surface area contributed by atoms with Gasteiger partial charge in [-0.2, -0.15) is 26.3 Å². The van der Waals surface area contributed by atoms with Crippen LogP contribution in [0.15, 0.2) is 42.2 Å². The summed E-state index contributed by atoms with van der Waals surface area (Å²) in [5.41, 5.74) is 0.342. The molecule has 0 aliphatic carbocycles. The number of rotatable bonds is 3. The van der Waals surface area contributed by atoms with E-state index in [1.165, 1.54) is 12.1 Å². The van der Waals surface area contributed by atoms with Crippen molar-refractivity contribution in [3.8, 4) is 0 Å². The molecule has 0 atom stereocenters. The van der Waals surface area contributed by atoms with Crippen LogP contribution in [0.25, 0.3) is 0 Å². The predicted octanol–water partition coefficient (Wildman–Crippen LogP) is 4.21. The van der Waals surface area contributed by atoms with E-state index in [1.807, 2.05) is 0 Å². The van der Waals surface area contributed by atoms with Crippen LogP contribution in [0, 0.1) is 0 Å². The maximum Gasteiger partial charge on any atom is 0.448 e. The molecule has 100 valence electrons. The summed E-state index contributed by atoms with van der Waals surface area (Å²) in [6, 6.07) is 7.60. The van der Waals surface area contributed by atoms with Crippen molar-refractivity contribution in [3.05, 3.63) is 47.7 Å². The van der Waals surface area contributed by atoms with Gasteiger partial charge in [0.05, 0.1) is 6.08 Å². The molecule has 1 nitrogen and oxygen atoms in total. The van der Waals surface area contributed by atoms with Crippen LogP contribution in [-0.4, -0.2) is 12.4 Å².